The number of nitriles is 2. The average molecular weight is 1250 g/mol. The highest BCUT2D eigenvalue weighted by atomic mass is 15.0. The van der Waals surface area contributed by atoms with E-state index in [2.05, 4.69) is 238 Å². The molecule has 8 nitrogen and oxygen atoms in total. The SMILES string of the molecule is [C-]#[N+]c1cccc(-c2cc(-n3c4ccc(-c5ccccc5)cc4c4cc(-c5ccccc5)ccc43)ccc2-c2nc(-c3ccccc3-c3ccc(C#N)cc3)nc(-c3ccc(-n4c5ccc(-c6ccccc6)cc5c5cc(-c6ccccc6)ccc54)cc3-c3cccc(C#N)c3)n2)c1. The Morgan fingerprint density at radius 3 is 1.00 bits per heavy atom. The van der Waals surface area contributed by atoms with Crippen molar-refractivity contribution in [3.05, 3.63) is 350 Å². The van der Waals surface area contributed by atoms with E-state index in [4.69, 9.17) is 21.5 Å². The fourth-order valence-electron chi connectivity index (χ4n) is 13.9. The number of hydrogen-bond donors (Lipinski definition) is 0. The maximum absolute atomic E-state index is 10.5. The molecular weight excluding hydrogens is 1190 g/mol. The summed E-state index contributed by atoms with van der Waals surface area (Å²) < 4.78 is 4.67. The molecule has 98 heavy (non-hydrogen) atoms. The molecule has 0 saturated heterocycles. The topological polar surface area (TPSA) is 100 Å². The Bertz CT molecular complexity index is 5610. The van der Waals surface area contributed by atoms with E-state index in [0.29, 0.717) is 39.9 Å². The Balaban J connectivity index is 0.906. The first-order chi connectivity index (χ1) is 48.4. The van der Waals surface area contributed by atoms with E-state index < -0.39 is 0 Å². The summed E-state index contributed by atoms with van der Waals surface area (Å²) >= 11 is 0. The molecule has 17 aromatic rings. The predicted octanol–water partition coefficient (Wildman–Crippen LogP) is 23.0. The molecule has 0 spiro atoms. The lowest BCUT2D eigenvalue weighted by Crippen LogP contribution is -2.04. The van der Waals surface area contributed by atoms with Crippen LogP contribution in [0.15, 0.2) is 328 Å². The van der Waals surface area contributed by atoms with Crippen LogP contribution in [0.25, 0.3) is 172 Å². The van der Waals surface area contributed by atoms with E-state index in [9.17, 15) is 10.5 Å². The fourth-order valence-corrected chi connectivity index (χ4v) is 13.9. The molecule has 17 rings (SSSR count). The van der Waals surface area contributed by atoms with Gasteiger partial charge >= 0.3 is 0 Å². The summed E-state index contributed by atoms with van der Waals surface area (Å²) in [7, 11) is 0. The van der Waals surface area contributed by atoms with E-state index in [1.165, 1.54) is 0 Å². The molecule has 0 aliphatic carbocycles. The molecule has 0 unspecified atom stereocenters. The number of nitrogens with zero attached hydrogens (tertiary/aromatic N) is 8. The second-order valence-electron chi connectivity index (χ2n) is 24.4. The Kier molecular flexibility index (Phi) is 14.5. The van der Waals surface area contributed by atoms with E-state index in [-0.39, 0.29) is 0 Å². The van der Waals surface area contributed by atoms with Crippen molar-refractivity contribution in [1.29, 1.82) is 10.5 Å². The molecule has 0 aliphatic rings. The summed E-state index contributed by atoms with van der Waals surface area (Å²) in [6, 6.07) is 118. The van der Waals surface area contributed by atoms with Crippen molar-refractivity contribution >= 4 is 49.3 Å². The highest BCUT2D eigenvalue weighted by Crippen LogP contribution is 2.45. The van der Waals surface area contributed by atoms with Crippen molar-refractivity contribution < 1.29 is 0 Å². The molecule has 0 bridgehead atoms. The molecule has 0 saturated carbocycles. The van der Waals surface area contributed by atoms with Gasteiger partial charge < -0.3 is 9.13 Å². The van der Waals surface area contributed by atoms with Crippen molar-refractivity contribution in [1.82, 2.24) is 24.1 Å². The van der Waals surface area contributed by atoms with Crippen LogP contribution in [-0.4, -0.2) is 24.1 Å². The zero-order valence-electron chi connectivity index (χ0n) is 52.8. The molecule has 0 fully saturated rings. The fraction of sp³-hybridized carbons (Fsp3) is 0. The number of fused-ring (bicyclic) bond motifs is 6. The molecule has 14 aromatic carbocycles. The van der Waals surface area contributed by atoms with E-state index in [0.717, 1.165) is 144 Å². The van der Waals surface area contributed by atoms with E-state index >= 15 is 0 Å². The van der Waals surface area contributed by atoms with E-state index in [1.54, 1.807) is 0 Å². The largest absolute Gasteiger partial charge is 0.309 e. The normalized spacial score (nSPS) is 11.2. The molecule has 454 valence electrons. The first-order valence-corrected chi connectivity index (χ1v) is 32.4. The molecule has 0 atom stereocenters. The van der Waals surface area contributed by atoms with Crippen LogP contribution in [-0.2, 0) is 0 Å². The third kappa shape index (κ3) is 10.5. The molecule has 0 aliphatic heterocycles. The van der Waals surface area contributed by atoms with Gasteiger partial charge in [0.2, 0.25) is 0 Å². The second-order valence-corrected chi connectivity index (χ2v) is 24.4. The summed E-state index contributed by atoms with van der Waals surface area (Å²) in [5.41, 5.74) is 23.7. The highest BCUT2D eigenvalue weighted by molar-refractivity contribution is 6.13. The van der Waals surface area contributed by atoms with Crippen LogP contribution in [0, 0.1) is 29.2 Å². The summed E-state index contributed by atoms with van der Waals surface area (Å²) in [5.74, 6) is 1.23. The third-order valence-corrected chi connectivity index (χ3v) is 18.7. The average Bonchev–Trinajstić information content (AvgIpc) is 1.56. The van der Waals surface area contributed by atoms with Crippen LogP contribution in [0.4, 0.5) is 5.69 Å². The summed E-state index contributed by atoms with van der Waals surface area (Å²) in [6.07, 6.45) is 0. The lowest BCUT2D eigenvalue weighted by atomic mass is 9.95. The maximum atomic E-state index is 10.5. The highest BCUT2D eigenvalue weighted by Gasteiger charge is 2.24. The van der Waals surface area contributed by atoms with Gasteiger partial charge in [0.25, 0.3) is 0 Å². The van der Waals surface area contributed by atoms with Gasteiger partial charge in [0, 0.05) is 49.6 Å². The van der Waals surface area contributed by atoms with Gasteiger partial charge in [-0.1, -0.05) is 212 Å². The van der Waals surface area contributed by atoms with Gasteiger partial charge in [0.1, 0.15) is 0 Å². The van der Waals surface area contributed by atoms with Crippen molar-refractivity contribution in [2.75, 3.05) is 0 Å². The summed E-state index contributed by atoms with van der Waals surface area (Å²) in [6.45, 7) is 8.27. The monoisotopic (exact) mass is 1250 g/mol. The number of rotatable bonds is 12. The van der Waals surface area contributed by atoms with Gasteiger partial charge in [0.05, 0.1) is 51.9 Å². The van der Waals surface area contributed by atoms with Gasteiger partial charge in [-0.05, 0) is 193 Å². The van der Waals surface area contributed by atoms with Crippen LogP contribution in [0.2, 0.25) is 0 Å². The Labute approximate surface area is 566 Å². The number of benzene rings is 14. The summed E-state index contributed by atoms with van der Waals surface area (Å²) in [4.78, 5) is 20.6. The van der Waals surface area contributed by atoms with Crippen molar-refractivity contribution in [3.8, 4) is 136 Å². The second kappa shape index (κ2) is 24.6. The minimum absolute atomic E-state index is 0.404. The van der Waals surface area contributed by atoms with Crippen LogP contribution >= 0.6 is 0 Å². The van der Waals surface area contributed by atoms with Gasteiger partial charge in [0.15, 0.2) is 23.2 Å². The minimum Gasteiger partial charge on any atom is -0.309 e. The van der Waals surface area contributed by atoms with Gasteiger partial charge in [-0.2, -0.15) is 10.5 Å². The molecule has 0 radical (unpaired) electrons. The molecule has 3 heterocycles. The van der Waals surface area contributed by atoms with Crippen LogP contribution in [0.1, 0.15) is 11.1 Å². The first kappa shape index (κ1) is 58.0. The zero-order valence-corrected chi connectivity index (χ0v) is 52.8. The Morgan fingerprint density at radius 2 is 0.602 bits per heavy atom. The molecule has 8 heteroatoms. The molecular formula is C90H54N8. The van der Waals surface area contributed by atoms with Crippen molar-refractivity contribution in [2.24, 2.45) is 0 Å². The molecule has 0 amide bonds. The Hall–Kier alpha value is -13.8. The lowest BCUT2D eigenvalue weighted by Gasteiger charge is -2.18. The third-order valence-electron chi connectivity index (χ3n) is 18.7. The maximum Gasteiger partial charge on any atom is 0.187 e. The van der Waals surface area contributed by atoms with Crippen LogP contribution < -0.4 is 0 Å². The van der Waals surface area contributed by atoms with Crippen molar-refractivity contribution in [2.45, 2.75) is 0 Å². The molecule has 3 aromatic heterocycles. The van der Waals surface area contributed by atoms with Gasteiger partial charge in [-0.15, -0.1) is 0 Å². The summed E-state index contributed by atoms with van der Waals surface area (Å²) in [5, 5.41) is 24.9. The van der Waals surface area contributed by atoms with Gasteiger partial charge in [-0.25, -0.2) is 19.8 Å². The number of hydrogen-bond acceptors (Lipinski definition) is 5. The first-order valence-electron chi connectivity index (χ1n) is 32.4. The smallest absolute Gasteiger partial charge is 0.187 e. The van der Waals surface area contributed by atoms with Crippen molar-refractivity contribution in [3.63, 3.8) is 0 Å². The number of aromatic nitrogens is 5. The minimum atomic E-state index is 0.404. The predicted molar refractivity (Wildman–Crippen MR) is 399 cm³/mol. The van der Waals surface area contributed by atoms with E-state index in [1.807, 2.05) is 115 Å². The van der Waals surface area contributed by atoms with Crippen LogP contribution in [0.5, 0.6) is 0 Å². The molecule has 0 N–H and O–H groups in total. The zero-order chi connectivity index (χ0) is 65.6. The standard InChI is InChI=1S/C90H54N8/c1-93-71-29-17-28-70(49-71)79-55-73(98-86-46-38-67(62-23-10-4-11-24-62)52-82(86)83-53-68(39-47-87(83)98)63-25-12-5-13-26-63)41-43-77(79)90-95-88(75-31-15-14-30-74(75)64-34-32-58(56-91)33-35-64)94-89(96-90)76-42-40-72(54-78(76)69-27-16-18-59(48-69)57-92)97-84-44-36-65(60-19-6-2-7-20-60)50-80(84)81-51-66(37-45-85(81)97)61-21-8-3-9-22-61/h2-55H. The van der Waals surface area contributed by atoms with Crippen LogP contribution in [0.3, 0.4) is 0 Å². The quantitative estimate of drug-likeness (QED) is 0.113. The van der Waals surface area contributed by atoms with Gasteiger partial charge in [-0.3, -0.25) is 0 Å². The lowest BCUT2D eigenvalue weighted by molar-refractivity contribution is 1.07. The Morgan fingerprint density at radius 1 is 0.255 bits per heavy atom.